The summed E-state index contributed by atoms with van der Waals surface area (Å²) in [6, 6.07) is 15.4. The fourth-order valence-corrected chi connectivity index (χ4v) is 4.58. The SMILES string of the molecule is CCOc1ccccc1-c1nc(CC(=O)Nc2nc(-c3ccc(OC)cc3)cs2)cs1. The number of carbonyl (C=O) groups excluding carboxylic acids is 1. The summed E-state index contributed by atoms with van der Waals surface area (Å²) in [4.78, 5) is 21.6. The van der Waals surface area contributed by atoms with Crippen LogP contribution in [0.15, 0.2) is 59.3 Å². The molecule has 1 amide bonds. The molecule has 0 aliphatic rings. The van der Waals surface area contributed by atoms with E-state index in [2.05, 4.69) is 15.3 Å². The lowest BCUT2D eigenvalue weighted by molar-refractivity contribution is -0.115. The number of amides is 1. The van der Waals surface area contributed by atoms with Crippen molar-refractivity contribution in [1.82, 2.24) is 9.97 Å². The minimum atomic E-state index is -0.148. The van der Waals surface area contributed by atoms with Crippen LogP contribution in [0.5, 0.6) is 11.5 Å². The number of ether oxygens (including phenoxy) is 2. The van der Waals surface area contributed by atoms with Gasteiger partial charge in [0.25, 0.3) is 0 Å². The van der Waals surface area contributed by atoms with Crippen LogP contribution in [0.2, 0.25) is 0 Å². The molecule has 0 atom stereocenters. The molecule has 0 bridgehead atoms. The number of methoxy groups -OCH3 is 1. The highest BCUT2D eigenvalue weighted by Crippen LogP contribution is 2.32. The van der Waals surface area contributed by atoms with Crippen LogP contribution in [0.3, 0.4) is 0 Å². The molecule has 2 aromatic carbocycles. The van der Waals surface area contributed by atoms with Gasteiger partial charge in [-0.15, -0.1) is 22.7 Å². The monoisotopic (exact) mass is 451 g/mol. The zero-order valence-electron chi connectivity index (χ0n) is 17.1. The molecule has 0 saturated carbocycles. The predicted molar refractivity (Wildman–Crippen MR) is 125 cm³/mol. The topological polar surface area (TPSA) is 73.3 Å². The second-order valence-electron chi connectivity index (χ2n) is 6.56. The lowest BCUT2D eigenvalue weighted by Gasteiger charge is -2.07. The first-order valence-electron chi connectivity index (χ1n) is 9.72. The standard InChI is InChI=1S/C23H21N3O3S2/c1-3-29-20-7-5-4-6-18(20)22-24-16(13-30-22)12-21(27)26-23-25-19(14-31-23)15-8-10-17(28-2)11-9-15/h4-11,13-14H,3,12H2,1-2H3,(H,25,26,27). The van der Waals surface area contributed by atoms with Crippen LogP contribution in [0.25, 0.3) is 21.8 Å². The van der Waals surface area contributed by atoms with Gasteiger partial charge in [0, 0.05) is 16.3 Å². The second-order valence-corrected chi connectivity index (χ2v) is 8.28. The average molecular weight is 452 g/mol. The number of anilines is 1. The van der Waals surface area contributed by atoms with Crippen molar-refractivity contribution in [2.24, 2.45) is 0 Å². The van der Waals surface area contributed by atoms with Crippen molar-refractivity contribution in [2.75, 3.05) is 19.0 Å². The van der Waals surface area contributed by atoms with E-state index in [4.69, 9.17) is 9.47 Å². The molecular formula is C23H21N3O3S2. The zero-order valence-corrected chi connectivity index (χ0v) is 18.8. The molecule has 0 radical (unpaired) electrons. The maximum Gasteiger partial charge on any atom is 0.232 e. The van der Waals surface area contributed by atoms with E-state index in [1.807, 2.05) is 66.2 Å². The molecule has 4 aromatic rings. The van der Waals surface area contributed by atoms with Crippen LogP contribution in [-0.4, -0.2) is 29.6 Å². The zero-order chi connectivity index (χ0) is 21.6. The third-order valence-electron chi connectivity index (χ3n) is 4.45. The Morgan fingerprint density at radius 1 is 1.03 bits per heavy atom. The quantitative estimate of drug-likeness (QED) is 0.382. The summed E-state index contributed by atoms with van der Waals surface area (Å²) < 4.78 is 10.9. The third-order valence-corrected chi connectivity index (χ3v) is 6.13. The number of rotatable bonds is 8. The fraction of sp³-hybridized carbons (Fsp3) is 0.174. The maximum atomic E-state index is 12.5. The van der Waals surface area contributed by atoms with Crippen LogP contribution in [0.1, 0.15) is 12.6 Å². The first-order chi connectivity index (χ1) is 15.2. The van der Waals surface area contributed by atoms with E-state index in [0.29, 0.717) is 11.7 Å². The van der Waals surface area contributed by atoms with Gasteiger partial charge in [0.15, 0.2) is 5.13 Å². The number of thiazole rings is 2. The number of aromatic nitrogens is 2. The highest BCUT2D eigenvalue weighted by atomic mass is 32.1. The molecule has 4 rings (SSSR count). The Bertz CT molecular complexity index is 1170. The summed E-state index contributed by atoms with van der Waals surface area (Å²) in [5.41, 5.74) is 3.43. The van der Waals surface area contributed by atoms with Crippen molar-refractivity contribution in [1.29, 1.82) is 0 Å². The van der Waals surface area contributed by atoms with E-state index in [1.165, 1.54) is 22.7 Å². The highest BCUT2D eigenvalue weighted by molar-refractivity contribution is 7.14. The van der Waals surface area contributed by atoms with Gasteiger partial charge in [-0.3, -0.25) is 4.79 Å². The number of para-hydroxylation sites is 1. The first-order valence-corrected chi connectivity index (χ1v) is 11.5. The molecule has 31 heavy (non-hydrogen) atoms. The number of hydrogen-bond donors (Lipinski definition) is 1. The number of carbonyl (C=O) groups is 1. The molecule has 0 aliphatic heterocycles. The largest absolute Gasteiger partial charge is 0.497 e. The van der Waals surface area contributed by atoms with Crippen molar-refractivity contribution >= 4 is 33.7 Å². The Balaban J connectivity index is 1.40. The Morgan fingerprint density at radius 3 is 2.61 bits per heavy atom. The Morgan fingerprint density at radius 2 is 1.84 bits per heavy atom. The lowest BCUT2D eigenvalue weighted by atomic mass is 10.2. The molecule has 0 spiro atoms. The van der Waals surface area contributed by atoms with E-state index >= 15 is 0 Å². The van der Waals surface area contributed by atoms with E-state index in [-0.39, 0.29) is 12.3 Å². The molecule has 158 valence electrons. The van der Waals surface area contributed by atoms with Gasteiger partial charge in [-0.2, -0.15) is 0 Å². The van der Waals surface area contributed by atoms with Crippen LogP contribution >= 0.6 is 22.7 Å². The summed E-state index contributed by atoms with van der Waals surface area (Å²) in [7, 11) is 1.63. The molecule has 0 fully saturated rings. The number of hydrogen-bond acceptors (Lipinski definition) is 7. The average Bonchev–Trinajstić information content (AvgIpc) is 3.44. The summed E-state index contributed by atoms with van der Waals surface area (Å²) in [6.45, 7) is 2.54. The lowest BCUT2D eigenvalue weighted by Crippen LogP contribution is -2.14. The van der Waals surface area contributed by atoms with Gasteiger partial charge >= 0.3 is 0 Å². The predicted octanol–water partition coefficient (Wildman–Crippen LogP) is 5.52. The molecular weight excluding hydrogens is 430 g/mol. The van der Waals surface area contributed by atoms with Gasteiger partial charge in [0.2, 0.25) is 5.91 Å². The van der Waals surface area contributed by atoms with Crippen molar-refractivity contribution < 1.29 is 14.3 Å². The van der Waals surface area contributed by atoms with Crippen LogP contribution in [0, 0.1) is 0 Å². The van der Waals surface area contributed by atoms with E-state index in [1.54, 1.807) is 7.11 Å². The minimum absolute atomic E-state index is 0.148. The van der Waals surface area contributed by atoms with Gasteiger partial charge in [-0.25, -0.2) is 9.97 Å². The molecule has 0 aliphatic carbocycles. The third kappa shape index (κ3) is 5.10. The second kappa shape index (κ2) is 9.72. The first kappa shape index (κ1) is 21.0. The fourth-order valence-electron chi connectivity index (χ4n) is 2.99. The smallest absolute Gasteiger partial charge is 0.232 e. The van der Waals surface area contributed by atoms with E-state index in [9.17, 15) is 4.79 Å². The highest BCUT2D eigenvalue weighted by Gasteiger charge is 2.14. The van der Waals surface area contributed by atoms with E-state index in [0.717, 1.165) is 39.0 Å². The molecule has 2 heterocycles. The van der Waals surface area contributed by atoms with Gasteiger partial charge in [0.05, 0.1) is 37.1 Å². The minimum Gasteiger partial charge on any atom is -0.497 e. The summed E-state index contributed by atoms with van der Waals surface area (Å²) in [6.07, 6.45) is 0.185. The molecule has 0 unspecified atom stereocenters. The Kier molecular flexibility index (Phi) is 6.59. The van der Waals surface area contributed by atoms with E-state index < -0.39 is 0 Å². The summed E-state index contributed by atoms with van der Waals surface area (Å²) >= 11 is 2.90. The Labute approximate surface area is 188 Å². The van der Waals surface area contributed by atoms with Gasteiger partial charge < -0.3 is 14.8 Å². The number of benzene rings is 2. The molecule has 8 heteroatoms. The van der Waals surface area contributed by atoms with Crippen molar-refractivity contribution in [3.05, 3.63) is 65.0 Å². The van der Waals surface area contributed by atoms with Crippen LogP contribution < -0.4 is 14.8 Å². The van der Waals surface area contributed by atoms with Gasteiger partial charge in [-0.1, -0.05) is 12.1 Å². The van der Waals surface area contributed by atoms with Crippen molar-refractivity contribution in [3.8, 4) is 33.3 Å². The molecule has 1 N–H and O–H groups in total. The van der Waals surface area contributed by atoms with Crippen molar-refractivity contribution in [2.45, 2.75) is 13.3 Å². The maximum absolute atomic E-state index is 12.5. The summed E-state index contributed by atoms with van der Waals surface area (Å²) in [5.74, 6) is 1.44. The Hall–Kier alpha value is -3.23. The number of nitrogens with zero attached hydrogens (tertiary/aromatic N) is 2. The van der Waals surface area contributed by atoms with Gasteiger partial charge in [-0.05, 0) is 43.3 Å². The van der Waals surface area contributed by atoms with Crippen LogP contribution in [-0.2, 0) is 11.2 Å². The van der Waals surface area contributed by atoms with Crippen LogP contribution in [0.4, 0.5) is 5.13 Å². The molecule has 6 nitrogen and oxygen atoms in total. The molecule has 2 aromatic heterocycles. The normalized spacial score (nSPS) is 10.6. The molecule has 0 saturated heterocycles. The summed E-state index contributed by atoms with van der Waals surface area (Å²) in [5, 5.41) is 8.09. The van der Waals surface area contributed by atoms with Gasteiger partial charge in [0.1, 0.15) is 16.5 Å². The van der Waals surface area contributed by atoms with Crippen molar-refractivity contribution in [3.63, 3.8) is 0 Å². The number of nitrogens with one attached hydrogen (secondary N) is 1.